The summed E-state index contributed by atoms with van der Waals surface area (Å²) in [7, 11) is 0. The van der Waals surface area contributed by atoms with Crippen molar-refractivity contribution in [1.29, 1.82) is 0 Å². The zero-order chi connectivity index (χ0) is 22.6. The zero-order valence-corrected chi connectivity index (χ0v) is 19.3. The van der Waals surface area contributed by atoms with E-state index in [2.05, 4.69) is 64.0 Å². The molecular weight excluding hydrogens is 422 g/mol. The summed E-state index contributed by atoms with van der Waals surface area (Å²) in [5.41, 5.74) is 2.87. The summed E-state index contributed by atoms with van der Waals surface area (Å²) in [5.74, 6) is 0.814. The van der Waals surface area contributed by atoms with E-state index in [0.717, 1.165) is 47.5 Å². The first-order valence-electron chi connectivity index (χ1n) is 10.8. The number of halogens is 1. The first-order valence-corrected chi connectivity index (χ1v) is 11.2. The fraction of sp³-hybridized carbons (Fsp3) is 0.333. The fourth-order valence-corrected chi connectivity index (χ4v) is 3.86. The van der Waals surface area contributed by atoms with Gasteiger partial charge < -0.3 is 10.6 Å². The molecule has 4 aromatic rings. The number of tetrazole rings is 1. The number of nitrogens with one attached hydrogen (secondary N) is 2. The van der Waals surface area contributed by atoms with Gasteiger partial charge in [-0.15, -0.1) is 5.10 Å². The molecule has 0 aliphatic heterocycles. The highest BCUT2D eigenvalue weighted by Crippen LogP contribution is 2.25. The quantitative estimate of drug-likeness (QED) is 0.376. The van der Waals surface area contributed by atoms with Crippen LogP contribution >= 0.6 is 11.6 Å². The Morgan fingerprint density at radius 1 is 1.03 bits per heavy atom. The highest BCUT2D eigenvalue weighted by Gasteiger charge is 2.26. The minimum absolute atomic E-state index is 0.0886. The van der Waals surface area contributed by atoms with Gasteiger partial charge in [0.05, 0.1) is 17.1 Å². The van der Waals surface area contributed by atoms with Gasteiger partial charge in [0.1, 0.15) is 0 Å². The van der Waals surface area contributed by atoms with Crippen molar-refractivity contribution in [3.8, 4) is 0 Å². The lowest BCUT2D eigenvalue weighted by molar-refractivity contribution is 0.325. The average Bonchev–Trinajstić information content (AvgIpc) is 3.27. The van der Waals surface area contributed by atoms with E-state index in [9.17, 15) is 0 Å². The van der Waals surface area contributed by atoms with Crippen molar-refractivity contribution in [3.63, 3.8) is 0 Å². The molecule has 0 saturated carbocycles. The van der Waals surface area contributed by atoms with Crippen LogP contribution in [0.1, 0.15) is 44.6 Å². The Morgan fingerprint density at radius 3 is 2.62 bits per heavy atom. The van der Waals surface area contributed by atoms with Crippen LogP contribution in [0, 0.1) is 0 Å². The van der Waals surface area contributed by atoms with Crippen LogP contribution < -0.4 is 10.6 Å². The predicted molar refractivity (Wildman–Crippen MR) is 129 cm³/mol. The van der Waals surface area contributed by atoms with Crippen molar-refractivity contribution in [2.45, 2.75) is 38.8 Å². The van der Waals surface area contributed by atoms with Crippen LogP contribution in [-0.4, -0.2) is 38.3 Å². The van der Waals surface area contributed by atoms with Gasteiger partial charge in [-0.3, -0.25) is 4.98 Å². The first kappa shape index (κ1) is 22.2. The van der Waals surface area contributed by atoms with Crippen molar-refractivity contribution in [3.05, 3.63) is 77.2 Å². The van der Waals surface area contributed by atoms with E-state index in [1.807, 2.05) is 47.1 Å². The molecule has 4 rings (SSSR count). The molecule has 0 spiro atoms. The molecule has 1 unspecified atom stereocenters. The van der Waals surface area contributed by atoms with Crippen LogP contribution in [0.5, 0.6) is 0 Å². The van der Waals surface area contributed by atoms with Crippen LogP contribution in [0.15, 0.2) is 60.8 Å². The number of nitrogens with zero attached hydrogens (tertiary/aromatic N) is 5. The summed E-state index contributed by atoms with van der Waals surface area (Å²) in [6.45, 7) is 7.93. The van der Waals surface area contributed by atoms with E-state index in [4.69, 9.17) is 11.6 Å². The number of anilines is 1. The molecular formula is C24H28ClN7. The van der Waals surface area contributed by atoms with Crippen molar-refractivity contribution >= 4 is 28.2 Å². The molecule has 0 radical (unpaired) electrons. The van der Waals surface area contributed by atoms with Crippen molar-refractivity contribution < 1.29 is 0 Å². The number of fused-ring (bicyclic) bond motifs is 1. The van der Waals surface area contributed by atoms with Gasteiger partial charge in [0, 0.05) is 28.8 Å². The number of hydrogen-bond acceptors (Lipinski definition) is 6. The minimum atomic E-state index is -0.208. The first-order chi connectivity index (χ1) is 15.4. The highest BCUT2D eigenvalue weighted by molar-refractivity contribution is 6.31. The van der Waals surface area contributed by atoms with Gasteiger partial charge in [0.2, 0.25) is 0 Å². The second-order valence-electron chi connectivity index (χ2n) is 8.72. The Kier molecular flexibility index (Phi) is 6.67. The monoisotopic (exact) mass is 449 g/mol. The maximum atomic E-state index is 6.09. The Hall–Kier alpha value is -3.03. The number of pyridine rings is 1. The topological polar surface area (TPSA) is 80.5 Å². The van der Waals surface area contributed by atoms with E-state index in [1.165, 1.54) is 0 Å². The molecule has 2 aromatic heterocycles. The molecule has 0 aliphatic rings. The Morgan fingerprint density at radius 2 is 1.84 bits per heavy atom. The summed E-state index contributed by atoms with van der Waals surface area (Å²) in [4.78, 5) is 4.40. The lowest BCUT2D eigenvalue weighted by Crippen LogP contribution is -2.32. The number of rotatable bonds is 8. The number of hydrogen-bond donors (Lipinski definition) is 2. The van der Waals surface area contributed by atoms with E-state index >= 15 is 0 Å². The molecule has 7 nitrogen and oxygen atoms in total. The van der Waals surface area contributed by atoms with E-state index in [1.54, 1.807) is 6.20 Å². The van der Waals surface area contributed by atoms with Crippen molar-refractivity contribution in [2.24, 2.45) is 0 Å². The molecule has 0 aliphatic carbocycles. The van der Waals surface area contributed by atoms with Gasteiger partial charge in [-0.05, 0) is 74.0 Å². The Labute approximate surface area is 193 Å². The molecule has 2 heterocycles. The van der Waals surface area contributed by atoms with E-state index in [0.29, 0.717) is 5.02 Å². The molecule has 1 atom stereocenters. The van der Waals surface area contributed by atoms with Gasteiger partial charge >= 0.3 is 0 Å². The third-order valence-electron chi connectivity index (χ3n) is 5.24. The van der Waals surface area contributed by atoms with Crippen LogP contribution in [0.2, 0.25) is 5.02 Å². The number of aromatic nitrogens is 5. The summed E-state index contributed by atoms with van der Waals surface area (Å²) < 4.78 is 1.89. The summed E-state index contributed by atoms with van der Waals surface area (Å²) in [5, 5.41) is 21.5. The standard InChI is InChI=1S/C24H28ClN7/c1-24(2,3)32-23(29-30-31-32)22(17-8-5-4-6-9-17)28-14-7-13-26-20-12-15-27-21-16-18(25)10-11-19(20)21/h4-6,8-12,15-16,22,28H,7,13-14H2,1-3H3,(H,26,27). The van der Waals surface area contributed by atoms with Crippen LogP contribution in [-0.2, 0) is 5.54 Å². The average molecular weight is 450 g/mol. The molecule has 166 valence electrons. The van der Waals surface area contributed by atoms with E-state index in [-0.39, 0.29) is 11.6 Å². The third kappa shape index (κ3) is 5.06. The molecule has 0 bridgehead atoms. The summed E-state index contributed by atoms with van der Waals surface area (Å²) in [6, 6.07) is 18.0. The van der Waals surface area contributed by atoms with Gasteiger partial charge in [0.15, 0.2) is 5.82 Å². The van der Waals surface area contributed by atoms with Gasteiger partial charge in [-0.2, -0.15) is 0 Å². The molecule has 2 N–H and O–H groups in total. The SMILES string of the molecule is CC(C)(C)n1nnnc1C(NCCCNc1ccnc2cc(Cl)ccc12)c1ccccc1. The second-order valence-corrected chi connectivity index (χ2v) is 9.15. The summed E-state index contributed by atoms with van der Waals surface area (Å²) >= 11 is 6.09. The predicted octanol–water partition coefficient (Wildman–Crippen LogP) is 4.81. The highest BCUT2D eigenvalue weighted by atomic mass is 35.5. The second kappa shape index (κ2) is 9.63. The normalized spacial score (nSPS) is 12.8. The molecule has 8 heteroatoms. The van der Waals surface area contributed by atoms with Crippen LogP contribution in [0.4, 0.5) is 5.69 Å². The fourth-order valence-electron chi connectivity index (χ4n) is 3.69. The Bertz CT molecular complexity index is 1170. The lowest BCUT2D eigenvalue weighted by atomic mass is 10.0. The summed E-state index contributed by atoms with van der Waals surface area (Å²) in [6.07, 6.45) is 2.73. The Balaban J connectivity index is 1.42. The van der Waals surface area contributed by atoms with E-state index < -0.39 is 0 Å². The van der Waals surface area contributed by atoms with Crippen LogP contribution in [0.25, 0.3) is 10.9 Å². The maximum absolute atomic E-state index is 6.09. The smallest absolute Gasteiger partial charge is 0.173 e. The van der Waals surface area contributed by atoms with Crippen molar-refractivity contribution in [2.75, 3.05) is 18.4 Å². The molecule has 0 saturated heterocycles. The lowest BCUT2D eigenvalue weighted by Gasteiger charge is -2.25. The van der Waals surface area contributed by atoms with Gasteiger partial charge in [-0.25, -0.2) is 4.68 Å². The van der Waals surface area contributed by atoms with Gasteiger partial charge in [-0.1, -0.05) is 41.9 Å². The third-order valence-corrected chi connectivity index (χ3v) is 5.48. The number of benzene rings is 2. The largest absolute Gasteiger partial charge is 0.384 e. The molecule has 2 aromatic carbocycles. The van der Waals surface area contributed by atoms with Gasteiger partial charge in [0.25, 0.3) is 0 Å². The molecule has 32 heavy (non-hydrogen) atoms. The van der Waals surface area contributed by atoms with Crippen LogP contribution in [0.3, 0.4) is 0 Å². The zero-order valence-electron chi connectivity index (χ0n) is 18.6. The van der Waals surface area contributed by atoms with Crippen molar-refractivity contribution in [1.82, 2.24) is 30.5 Å². The maximum Gasteiger partial charge on any atom is 0.173 e. The molecule has 0 amide bonds. The molecule has 0 fully saturated rings. The minimum Gasteiger partial charge on any atom is -0.384 e.